The van der Waals surface area contributed by atoms with Crippen molar-refractivity contribution in [3.05, 3.63) is 99.4 Å². The number of rotatable bonds is 7. The highest BCUT2D eigenvalue weighted by atomic mass is 19.1. The first-order valence-electron chi connectivity index (χ1n) is 10.5. The number of nitrogens with zero attached hydrogens (tertiary/aromatic N) is 2. The molecule has 4 amide bonds. The van der Waals surface area contributed by atoms with Gasteiger partial charge in [0.1, 0.15) is 18.0 Å². The van der Waals surface area contributed by atoms with Gasteiger partial charge in [-0.1, -0.05) is 18.2 Å². The third-order valence-electron chi connectivity index (χ3n) is 5.24. The Kier molecular flexibility index (Phi) is 6.72. The summed E-state index contributed by atoms with van der Waals surface area (Å²) in [5.74, 6) is -2.06. The summed E-state index contributed by atoms with van der Waals surface area (Å²) in [5.41, 5.74) is 0.378. The maximum Gasteiger partial charge on any atom is 0.336 e. The number of methoxy groups -OCH3 is 1. The molecule has 0 bridgehead atoms. The Labute approximate surface area is 203 Å². The predicted octanol–water partition coefficient (Wildman–Crippen LogP) is 3.99. The molecule has 182 valence electrons. The Bertz CT molecular complexity index is 1400. The quantitative estimate of drug-likeness (QED) is 0.229. The van der Waals surface area contributed by atoms with Crippen LogP contribution in [-0.4, -0.2) is 29.9 Å². The van der Waals surface area contributed by atoms with Crippen LogP contribution in [-0.2, 0) is 16.2 Å². The number of anilines is 1. The van der Waals surface area contributed by atoms with E-state index in [1.54, 1.807) is 24.3 Å². The normalized spacial score (nSPS) is 14.6. The molecule has 0 saturated carbocycles. The molecule has 11 heteroatoms. The number of non-ortho nitro benzene ring substituents is 1. The van der Waals surface area contributed by atoms with Gasteiger partial charge in [-0.3, -0.25) is 25.0 Å². The second-order valence-electron chi connectivity index (χ2n) is 7.53. The molecule has 0 aromatic heterocycles. The zero-order chi connectivity index (χ0) is 25.8. The second-order valence-corrected chi connectivity index (χ2v) is 7.53. The Morgan fingerprint density at radius 3 is 2.42 bits per heavy atom. The number of halogens is 1. The highest BCUT2D eigenvalue weighted by Gasteiger charge is 2.38. The van der Waals surface area contributed by atoms with Crippen molar-refractivity contribution in [2.45, 2.75) is 6.61 Å². The summed E-state index contributed by atoms with van der Waals surface area (Å²) in [7, 11) is 1.40. The van der Waals surface area contributed by atoms with Crippen LogP contribution in [0, 0.1) is 15.9 Å². The zero-order valence-corrected chi connectivity index (χ0v) is 18.8. The van der Waals surface area contributed by atoms with Gasteiger partial charge in [0.15, 0.2) is 11.5 Å². The largest absolute Gasteiger partial charge is 0.493 e. The first-order valence-corrected chi connectivity index (χ1v) is 10.5. The molecule has 1 aliphatic heterocycles. The van der Waals surface area contributed by atoms with E-state index in [0.717, 1.165) is 6.07 Å². The van der Waals surface area contributed by atoms with E-state index in [4.69, 9.17) is 9.47 Å². The molecular formula is C25H18FN3O7. The van der Waals surface area contributed by atoms with E-state index < -0.39 is 28.6 Å². The molecule has 1 saturated heterocycles. The number of urea groups is 1. The van der Waals surface area contributed by atoms with Gasteiger partial charge < -0.3 is 9.47 Å². The Morgan fingerprint density at radius 2 is 1.75 bits per heavy atom. The first-order chi connectivity index (χ1) is 17.3. The highest BCUT2D eigenvalue weighted by Crippen LogP contribution is 2.31. The third-order valence-corrected chi connectivity index (χ3v) is 5.24. The molecule has 1 aliphatic rings. The Hall–Kier alpha value is -5.06. The van der Waals surface area contributed by atoms with E-state index in [-0.39, 0.29) is 29.3 Å². The molecule has 0 spiro atoms. The second kappa shape index (κ2) is 10.1. The fraction of sp³-hybridized carbons (Fsp3) is 0.0800. The van der Waals surface area contributed by atoms with Crippen molar-refractivity contribution in [2.75, 3.05) is 12.0 Å². The smallest absolute Gasteiger partial charge is 0.336 e. The summed E-state index contributed by atoms with van der Waals surface area (Å²) < 4.78 is 25.3. The van der Waals surface area contributed by atoms with Crippen LogP contribution in [0.15, 0.2) is 72.3 Å². The van der Waals surface area contributed by atoms with Crippen molar-refractivity contribution in [3.8, 4) is 11.5 Å². The SMILES string of the molecule is COc1cc(/C=C2/C(=O)NC(=O)N(c3ccccc3F)C2=O)ccc1OCc1ccc([N+](=O)[O-])cc1. The van der Waals surface area contributed by atoms with Crippen LogP contribution in [0.4, 0.5) is 20.6 Å². The van der Waals surface area contributed by atoms with Crippen molar-refractivity contribution in [2.24, 2.45) is 0 Å². The lowest BCUT2D eigenvalue weighted by Crippen LogP contribution is -2.54. The molecular weight excluding hydrogens is 473 g/mol. The number of nitro groups is 1. The number of barbiturate groups is 1. The number of nitro benzene ring substituents is 1. The van der Waals surface area contributed by atoms with Gasteiger partial charge in [0.2, 0.25) is 0 Å². The minimum absolute atomic E-state index is 0.0368. The molecule has 1 heterocycles. The molecule has 3 aromatic carbocycles. The topological polar surface area (TPSA) is 128 Å². The predicted molar refractivity (Wildman–Crippen MR) is 126 cm³/mol. The fourth-order valence-electron chi connectivity index (χ4n) is 3.44. The Morgan fingerprint density at radius 1 is 1.03 bits per heavy atom. The monoisotopic (exact) mass is 491 g/mol. The van der Waals surface area contributed by atoms with E-state index in [2.05, 4.69) is 0 Å². The van der Waals surface area contributed by atoms with Gasteiger partial charge in [0.25, 0.3) is 17.5 Å². The maximum atomic E-state index is 14.2. The number of nitrogens with one attached hydrogen (secondary N) is 1. The van der Waals surface area contributed by atoms with Gasteiger partial charge in [-0.15, -0.1) is 0 Å². The summed E-state index contributed by atoms with van der Waals surface area (Å²) in [6, 6.07) is 14.7. The minimum Gasteiger partial charge on any atom is -0.493 e. The summed E-state index contributed by atoms with van der Waals surface area (Å²) >= 11 is 0. The number of para-hydroxylation sites is 1. The lowest BCUT2D eigenvalue weighted by atomic mass is 10.1. The lowest BCUT2D eigenvalue weighted by molar-refractivity contribution is -0.384. The molecule has 0 unspecified atom stereocenters. The molecule has 3 aromatic rings. The van der Waals surface area contributed by atoms with Crippen molar-refractivity contribution in [3.63, 3.8) is 0 Å². The number of hydrogen-bond donors (Lipinski definition) is 1. The van der Waals surface area contributed by atoms with Crippen molar-refractivity contribution < 1.29 is 33.2 Å². The molecule has 1 N–H and O–H groups in total. The molecule has 0 radical (unpaired) electrons. The summed E-state index contributed by atoms with van der Waals surface area (Å²) in [4.78, 5) is 48.5. The summed E-state index contributed by atoms with van der Waals surface area (Å²) in [6.45, 7) is 0.107. The van der Waals surface area contributed by atoms with E-state index in [1.807, 2.05) is 5.32 Å². The molecule has 10 nitrogen and oxygen atoms in total. The van der Waals surface area contributed by atoms with Crippen LogP contribution < -0.4 is 19.7 Å². The van der Waals surface area contributed by atoms with Crippen molar-refractivity contribution in [1.82, 2.24) is 5.32 Å². The average Bonchev–Trinajstić information content (AvgIpc) is 2.86. The minimum atomic E-state index is -1.06. The van der Waals surface area contributed by atoms with Gasteiger partial charge >= 0.3 is 6.03 Å². The molecule has 4 rings (SSSR count). The third kappa shape index (κ3) is 4.89. The molecule has 36 heavy (non-hydrogen) atoms. The number of imide groups is 2. The van der Waals surface area contributed by atoms with Gasteiger partial charge in [0, 0.05) is 12.1 Å². The number of ether oxygens (including phenoxy) is 2. The van der Waals surface area contributed by atoms with E-state index in [9.17, 15) is 28.9 Å². The number of carbonyl (C=O) groups is 3. The zero-order valence-electron chi connectivity index (χ0n) is 18.8. The van der Waals surface area contributed by atoms with Gasteiger partial charge in [-0.2, -0.15) is 0 Å². The first kappa shape index (κ1) is 24.1. The van der Waals surface area contributed by atoms with Crippen LogP contribution in [0.1, 0.15) is 11.1 Å². The van der Waals surface area contributed by atoms with Gasteiger partial charge in [-0.05, 0) is 53.6 Å². The van der Waals surface area contributed by atoms with Crippen LogP contribution in [0.5, 0.6) is 11.5 Å². The van der Waals surface area contributed by atoms with Crippen LogP contribution >= 0.6 is 0 Å². The Balaban J connectivity index is 1.57. The number of benzene rings is 3. The van der Waals surface area contributed by atoms with Gasteiger partial charge in [0.05, 0.1) is 17.7 Å². The lowest BCUT2D eigenvalue weighted by Gasteiger charge is -2.26. The summed E-state index contributed by atoms with van der Waals surface area (Å²) in [5, 5.41) is 12.8. The van der Waals surface area contributed by atoms with Crippen LogP contribution in [0.25, 0.3) is 6.08 Å². The number of amides is 4. The summed E-state index contributed by atoms with van der Waals surface area (Å²) in [6.07, 6.45) is 1.25. The number of carbonyl (C=O) groups excluding carboxylic acids is 3. The maximum absolute atomic E-state index is 14.2. The average molecular weight is 491 g/mol. The van der Waals surface area contributed by atoms with E-state index >= 15 is 0 Å². The van der Waals surface area contributed by atoms with Gasteiger partial charge in [-0.25, -0.2) is 14.1 Å². The van der Waals surface area contributed by atoms with E-state index in [1.165, 1.54) is 49.6 Å². The molecule has 0 atom stereocenters. The molecule has 1 fully saturated rings. The van der Waals surface area contributed by atoms with Crippen LogP contribution in [0.2, 0.25) is 0 Å². The fourth-order valence-corrected chi connectivity index (χ4v) is 3.44. The molecule has 0 aliphatic carbocycles. The van der Waals surface area contributed by atoms with Crippen molar-refractivity contribution >= 4 is 35.3 Å². The number of hydrogen-bond acceptors (Lipinski definition) is 7. The standard InChI is InChI=1S/C25H18FN3O7/c1-35-22-13-16(8-11-21(22)36-14-15-6-9-17(10-7-15)29(33)34)12-18-23(30)27-25(32)28(24(18)31)20-5-3-2-4-19(20)26/h2-13H,14H2,1H3,(H,27,30,32)/b18-12-. The van der Waals surface area contributed by atoms with Crippen molar-refractivity contribution in [1.29, 1.82) is 0 Å². The highest BCUT2D eigenvalue weighted by molar-refractivity contribution is 6.39. The van der Waals surface area contributed by atoms with E-state index in [0.29, 0.717) is 21.8 Å². The van der Waals surface area contributed by atoms with Crippen LogP contribution in [0.3, 0.4) is 0 Å².